The Kier molecular flexibility index (Phi) is 5.82. The van der Waals surface area contributed by atoms with Crippen LogP contribution in [0.25, 0.3) is 0 Å². The Morgan fingerprint density at radius 3 is 1.52 bits per heavy atom. The van der Waals surface area contributed by atoms with E-state index in [2.05, 4.69) is 41.3 Å². The van der Waals surface area contributed by atoms with E-state index in [4.69, 9.17) is 0 Å². The standard InChI is InChI=1S/C27H23NO/c29-27(21-16-22-10-4-1-5-11-22)23-17-19-26(20-18-23)28(24-12-6-2-7-13-24)25-14-8-3-9-15-25/h1-15,17-20H,16,21H2. The van der Waals surface area contributed by atoms with Gasteiger partial charge < -0.3 is 4.90 Å². The van der Waals surface area contributed by atoms with E-state index in [1.165, 1.54) is 5.56 Å². The average molecular weight is 377 g/mol. The van der Waals surface area contributed by atoms with Crippen molar-refractivity contribution in [2.45, 2.75) is 12.8 Å². The van der Waals surface area contributed by atoms with Gasteiger partial charge in [0, 0.05) is 29.0 Å². The van der Waals surface area contributed by atoms with Crippen molar-refractivity contribution in [2.75, 3.05) is 4.90 Å². The number of hydrogen-bond donors (Lipinski definition) is 0. The maximum Gasteiger partial charge on any atom is 0.163 e. The molecule has 4 aromatic carbocycles. The Labute approximate surface area is 172 Å². The average Bonchev–Trinajstić information content (AvgIpc) is 2.80. The van der Waals surface area contributed by atoms with Gasteiger partial charge in [-0.05, 0) is 60.5 Å². The number of benzene rings is 4. The fourth-order valence-corrected chi connectivity index (χ4v) is 3.44. The minimum absolute atomic E-state index is 0.173. The number of carbonyl (C=O) groups is 1. The molecule has 0 bridgehead atoms. The lowest BCUT2D eigenvalue weighted by Gasteiger charge is -2.25. The Morgan fingerprint density at radius 2 is 1.00 bits per heavy atom. The van der Waals surface area contributed by atoms with Gasteiger partial charge in [-0.2, -0.15) is 0 Å². The third-order valence-electron chi connectivity index (χ3n) is 4.96. The van der Waals surface area contributed by atoms with Gasteiger partial charge in [-0.25, -0.2) is 0 Å². The van der Waals surface area contributed by atoms with Crippen LogP contribution in [-0.2, 0) is 6.42 Å². The predicted molar refractivity (Wildman–Crippen MR) is 120 cm³/mol. The monoisotopic (exact) mass is 377 g/mol. The topological polar surface area (TPSA) is 20.3 Å². The number of para-hydroxylation sites is 2. The number of Topliss-reactive ketones (excluding diaryl/α,β-unsaturated/α-hetero) is 1. The minimum atomic E-state index is 0.173. The van der Waals surface area contributed by atoms with Crippen LogP contribution < -0.4 is 4.90 Å². The Bertz CT molecular complexity index is 1000. The van der Waals surface area contributed by atoms with Gasteiger partial charge in [0.05, 0.1) is 0 Å². The first-order valence-corrected chi connectivity index (χ1v) is 9.89. The number of aryl methyl sites for hydroxylation is 1. The first-order valence-electron chi connectivity index (χ1n) is 9.89. The molecular weight excluding hydrogens is 354 g/mol. The van der Waals surface area contributed by atoms with Gasteiger partial charge in [-0.15, -0.1) is 0 Å². The van der Waals surface area contributed by atoms with E-state index < -0.39 is 0 Å². The maximum absolute atomic E-state index is 12.6. The van der Waals surface area contributed by atoms with Crippen LogP contribution in [0.3, 0.4) is 0 Å². The van der Waals surface area contributed by atoms with Crippen molar-refractivity contribution < 1.29 is 4.79 Å². The summed E-state index contributed by atoms with van der Waals surface area (Å²) in [5.41, 5.74) is 5.15. The summed E-state index contributed by atoms with van der Waals surface area (Å²) in [4.78, 5) is 14.8. The van der Waals surface area contributed by atoms with Gasteiger partial charge in [-0.1, -0.05) is 66.7 Å². The van der Waals surface area contributed by atoms with Crippen LogP contribution in [0.2, 0.25) is 0 Å². The molecule has 0 fully saturated rings. The summed E-state index contributed by atoms with van der Waals surface area (Å²) in [6.07, 6.45) is 1.28. The summed E-state index contributed by atoms with van der Waals surface area (Å²) in [7, 11) is 0. The van der Waals surface area contributed by atoms with E-state index in [0.717, 1.165) is 29.0 Å². The van der Waals surface area contributed by atoms with E-state index in [1.807, 2.05) is 78.9 Å². The molecule has 0 radical (unpaired) electrons. The van der Waals surface area contributed by atoms with Gasteiger partial charge in [0.2, 0.25) is 0 Å². The van der Waals surface area contributed by atoms with Crippen molar-refractivity contribution in [3.8, 4) is 0 Å². The van der Waals surface area contributed by atoms with E-state index in [1.54, 1.807) is 0 Å². The summed E-state index contributed by atoms with van der Waals surface area (Å²) >= 11 is 0. The van der Waals surface area contributed by atoms with E-state index in [9.17, 15) is 4.79 Å². The van der Waals surface area contributed by atoms with Gasteiger partial charge in [0.1, 0.15) is 0 Å². The molecule has 0 saturated heterocycles. The first kappa shape index (κ1) is 18.7. The fraction of sp³-hybridized carbons (Fsp3) is 0.0741. The normalized spacial score (nSPS) is 10.5. The van der Waals surface area contributed by atoms with Crippen LogP contribution >= 0.6 is 0 Å². The molecular formula is C27H23NO. The highest BCUT2D eigenvalue weighted by atomic mass is 16.1. The smallest absolute Gasteiger partial charge is 0.163 e. The SMILES string of the molecule is O=C(CCc1ccccc1)c1ccc(N(c2ccccc2)c2ccccc2)cc1. The molecule has 0 spiro atoms. The van der Waals surface area contributed by atoms with Gasteiger partial charge in [0.15, 0.2) is 5.78 Å². The van der Waals surface area contributed by atoms with Crippen molar-refractivity contribution in [1.29, 1.82) is 0 Å². The lowest BCUT2D eigenvalue weighted by Crippen LogP contribution is -2.10. The quantitative estimate of drug-likeness (QED) is 0.324. The Balaban J connectivity index is 1.55. The number of anilines is 3. The van der Waals surface area contributed by atoms with Crippen molar-refractivity contribution in [2.24, 2.45) is 0 Å². The molecule has 0 unspecified atom stereocenters. The van der Waals surface area contributed by atoms with Crippen LogP contribution in [0.15, 0.2) is 115 Å². The second kappa shape index (κ2) is 9.03. The molecule has 4 aromatic rings. The van der Waals surface area contributed by atoms with E-state index >= 15 is 0 Å². The molecule has 4 rings (SSSR count). The van der Waals surface area contributed by atoms with E-state index in [0.29, 0.717) is 6.42 Å². The third kappa shape index (κ3) is 4.61. The molecule has 142 valence electrons. The van der Waals surface area contributed by atoms with Crippen molar-refractivity contribution in [3.63, 3.8) is 0 Å². The lowest BCUT2D eigenvalue weighted by molar-refractivity contribution is 0.0983. The number of rotatable bonds is 7. The molecule has 0 heterocycles. The number of carbonyl (C=O) groups excluding carboxylic acids is 1. The second-order valence-corrected chi connectivity index (χ2v) is 6.96. The summed E-state index contributed by atoms with van der Waals surface area (Å²) in [5.74, 6) is 0.173. The van der Waals surface area contributed by atoms with Gasteiger partial charge in [0.25, 0.3) is 0 Å². The van der Waals surface area contributed by atoms with Gasteiger partial charge in [-0.3, -0.25) is 4.79 Å². The molecule has 0 saturated carbocycles. The van der Waals surface area contributed by atoms with Crippen molar-refractivity contribution >= 4 is 22.8 Å². The first-order chi connectivity index (χ1) is 14.3. The summed E-state index contributed by atoms with van der Waals surface area (Å²) in [6.45, 7) is 0. The highest BCUT2D eigenvalue weighted by Gasteiger charge is 2.13. The van der Waals surface area contributed by atoms with E-state index in [-0.39, 0.29) is 5.78 Å². The molecule has 0 aromatic heterocycles. The summed E-state index contributed by atoms with van der Waals surface area (Å²) in [5, 5.41) is 0. The summed E-state index contributed by atoms with van der Waals surface area (Å²) < 4.78 is 0. The minimum Gasteiger partial charge on any atom is -0.311 e. The molecule has 0 aliphatic heterocycles. The molecule has 29 heavy (non-hydrogen) atoms. The van der Waals surface area contributed by atoms with Gasteiger partial charge >= 0.3 is 0 Å². The highest BCUT2D eigenvalue weighted by Crippen LogP contribution is 2.34. The molecule has 0 N–H and O–H groups in total. The Morgan fingerprint density at radius 1 is 0.552 bits per heavy atom. The van der Waals surface area contributed by atoms with Crippen molar-refractivity contribution in [1.82, 2.24) is 0 Å². The third-order valence-corrected chi connectivity index (χ3v) is 4.96. The highest BCUT2D eigenvalue weighted by molar-refractivity contribution is 5.96. The molecule has 0 aliphatic rings. The zero-order chi connectivity index (χ0) is 19.9. The zero-order valence-electron chi connectivity index (χ0n) is 16.2. The molecule has 0 aliphatic carbocycles. The lowest BCUT2D eigenvalue weighted by atomic mass is 10.0. The maximum atomic E-state index is 12.6. The number of hydrogen-bond acceptors (Lipinski definition) is 2. The largest absolute Gasteiger partial charge is 0.311 e. The number of ketones is 1. The fourth-order valence-electron chi connectivity index (χ4n) is 3.44. The second-order valence-electron chi connectivity index (χ2n) is 6.96. The van der Waals surface area contributed by atoms with Crippen LogP contribution in [0.4, 0.5) is 17.1 Å². The molecule has 0 atom stereocenters. The Hall–Kier alpha value is -3.65. The molecule has 2 heteroatoms. The van der Waals surface area contributed by atoms with Crippen molar-refractivity contribution in [3.05, 3.63) is 126 Å². The predicted octanol–water partition coefficient (Wildman–Crippen LogP) is 6.97. The molecule has 2 nitrogen and oxygen atoms in total. The zero-order valence-corrected chi connectivity index (χ0v) is 16.2. The van der Waals surface area contributed by atoms with Crippen LogP contribution in [-0.4, -0.2) is 5.78 Å². The van der Waals surface area contributed by atoms with Crippen LogP contribution in [0.5, 0.6) is 0 Å². The van der Waals surface area contributed by atoms with Crippen LogP contribution in [0.1, 0.15) is 22.3 Å². The van der Waals surface area contributed by atoms with Crippen LogP contribution in [0, 0.1) is 0 Å². The number of nitrogens with zero attached hydrogens (tertiary/aromatic N) is 1. The summed E-state index contributed by atoms with van der Waals surface area (Å²) in [6, 6.07) is 38.6. The molecule has 0 amide bonds.